The summed E-state index contributed by atoms with van der Waals surface area (Å²) in [6, 6.07) is 6.15. The highest BCUT2D eigenvalue weighted by Crippen LogP contribution is 2.32. The quantitative estimate of drug-likeness (QED) is 0.937. The van der Waals surface area contributed by atoms with Gasteiger partial charge in [0, 0.05) is 17.8 Å². The molecule has 1 N–H and O–H groups in total. The Morgan fingerprint density at radius 1 is 1.43 bits per heavy atom. The van der Waals surface area contributed by atoms with Gasteiger partial charge in [-0.15, -0.1) is 0 Å². The van der Waals surface area contributed by atoms with Gasteiger partial charge in [-0.25, -0.2) is 0 Å². The highest BCUT2D eigenvalue weighted by Gasteiger charge is 2.25. The molecule has 0 atom stereocenters. The standard InChI is InChI=1S/C16H20N2O3/c1-11-2-3-14-13(10-11)16(17-21-14)12-4-7-18(8-5-12)9-6-15(19)20/h2-3,10,12H,4-9H2,1H3,(H,19,20). The van der Waals surface area contributed by atoms with E-state index < -0.39 is 5.97 Å². The number of carboxylic acid groups (broad SMARTS) is 1. The maximum atomic E-state index is 10.6. The molecule has 1 aliphatic heterocycles. The Balaban J connectivity index is 1.68. The topological polar surface area (TPSA) is 66.6 Å². The minimum Gasteiger partial charge on any atom is -0.481 e. The minimum atomic E-state index is -0.727. The normalized spacial score (nSPS) is 17.4. The third-order valence-corrected chi connectivity index (χ3v) is 4.27. The van der Waals surface area contributed by atoms with Gasteiger partial charge in [-0.2, -0.15) is 0 Å². The van der Waals surface area contributed by atoms with Crippen LogP contribution >= 0.6 is 0 Å². The summed E-state index contributed by atoms with van der Waals surface area (Å²) in [5.41, 5.74) is 3.13. The van der Waals surface area contributed by atoms with Crippen molar-refractivity contribution >= 4 is 16.9 Å². The summed E-state index contributed by atoms with van der Waals surface area (Å²) in [6.45, 7) is 4.57. The molecule has 2 aromatic rings. The Bertz CT molecular complexity index is 642. The van der Waals surface area contributed by atoms with Gasteiger partial charge in [0.25, 0.3) is 0 Å². The molecule has 1 saturated heterocycles. The fourth-order valence-electron chi connectivity index (χ4n) is 3.05. The molecule has 1 aliphatic rings. The number of likely N-dealkylation sites (tertiary alicyclic amines) is 1. The van der Waals surface area contributed by atoms with Crippen LogP contribution in [-0.2, 0) is 4.79 Å². The highest BCUT2D eigenvalue weighted by atomic mass is 16.5. The van der Waals surface area contributed by atoms with E-state index in [1.54, 1.807) is 0 Å². The molecule has 1 aromatic carbocycles. The summed E-state index contributed by atoms with van der Waals surface area (Å²) in [4.78, 5) is 12.8. The van der Waals surface area contributed by atoms with Crippen molar-refractivity contribution in [1.82, 2.24) is 10.1 Å². The smallest absolute Gasteiger partial charge is 0.304 e. The van der Waals surface area contributed by atoms with E-state index in [1.165, 1.54) is 5.56 Å². The lowest BCUT2D eigenvalue weighted by Crippen LogP contribution is -2.34. The molecule has 0 radical (unpaired) electrons. The molecule has 0 amide bonds. The molecule has 5 nitrogen and oxygen atoms in total. The monoisotopic (exact) mass is 288 g/mol. The molecule has 0 spiro atoms. The van der Waals surface area contributed by atoms with Crippen LogP contribution in [0.3, 0.4) is 0 Å². The number of carboxylic acids is 1. The van der Waals surface area contributed by atoms with Crippen LogP contribution in [0.4, 0.5) is 0 Å². The average molecular weight is 288 g/mol. The Labute approximate surface area is 123 Å². The summed E-state index contributed by atoms with van der Waals surface area (Å²) >= 11 is 0. The Kier molecular flexibility index (Phi) is 3.92. The second kappa shape index (κ2) is 5.85. The van der Waals surface area contributed by atoms with Crippen molar-refractivity contribution in [1.29, 1.82) is 0 Å². The second-order valence-electron chi connectivity index (χ2n) is 5.83. The van der Waals surface area contributed by atoms with Crippen LogP contribution in [0.25, 0.3) is 11.0 Å². The van der Waals surface area contributed by atoms with Crippen molar-refractivity contribution in [3.8, 4) is 0 Å². The third kappa shape index (κ3) is 3.08. The second-order valence-corrected chi connectivity index (χ2v) is 5.83. The number of piperidine rings is 1. The van der Waals surface area contributed by atoms with Gasteiger partial charge in [0.05, 0.1) is 12.1 Å². The van der Waals surface area contributed by atoms with Crippen LogP contribution in [0.15, 0.2) is 22.7 Å². The lowest BCUT2D eigenvalue weighted by Gasteiger charge is -2.30. The zero-order valence-corrected chi connectivity index (χ0v) is 12.2. The minimum absolute atomic E-state index is 0.219. The fraction of sp³-hybridized carbons (Fsp3) is 0.500. The molecule has 0 unspecified atom stereocenters. The van der Waals surface area contributed by atoms with Crippen LogP contribution < -0.4 is 0 Å². The number of aromatic nitrogens is 1. The van der Waals surface area contributed by atoms with Crippen molar-refractivity contribution in [2.45, 2.75) is 32.1 Å². The van der Waals surface area contributed by atoms with Gasteiger partial charge in [0.1, 0.15) is 0 Å². The first-order valence-corrected chi connectivity index (χ1v) is 7.43. The Morgan fingerprint density at radius 3 is 2.90 bits per heavy atom. The molecule has 112 valence electrons. The molecule has 2 heterocycles. The summed E-state index contributed by atoms with van der Waals surface area (Å²) in [6.07, 6.45) is 2.24. The molecular formula is C16H20N2O3. The summed E-state index contributed by atoms with van der Waals surface area (Å²) in [5.74, 6) is -0.316. The molecule has 3 rings (SSSR count). The summed E-state index contributed by atoms with van der Waals surface area (Å²) < 4.78 is 5.42. The van der Waals surface area contributed by atoms with E-state index in [2.05, 4.69) is 23.0 Å². The molecule has 21 heavy (non-hydrogen) atoms. The van der Waals surface area contributed by atoms with Gasteiger partial charge in [-0.3, -0.25) is 4.79 Å². The predicted molar refractivity (Wildman–Crippen MR) is 79.4 cm³/mol. The maximum Gasteiger partial charge on any atom is 0.304 e. The number of benzene rings is 1. The van der Waals surface area contributed by atoms with Gasteiger partial charge >= 0.3 is 5.97 Å². The zero-order valence-electron chi connectivity index (χ0n) is 12.2. The number of hydrogen-bond donors (Lipinski definition) is 1. The number of nitrogens with zero attached hydrogens (tertiary/aromatic N) is 2. The van der Waals surface area contributed by atoms with E-state index in [0.29, 0.717) is 12.5 Å². The Morgan fingerprint density at radius 2 is 2.19 bits per heavy atom. The first kappa shape index (κ1) is 14.1. The Hall–Kier alpha value is -1.88. The van der Waals surface area contributed by atoms with Crippen LogP contribution in [0.2, 0.25) is 0 Å². The van der Waals surface area contributed by atoms with Crippen molar-refractivity contribution in [2.75, 3.05) is 19.6 Å². The van der Waals surface area contributed by atoms with Crippen molar-refractivity contribution < 1.29 is 14.4 Å². The van der Waals surface area contributed by atoms with Crippen LogP contribution in [0, 0.1) is 6.92 Å². The van der Waals surface area contributed by atoms with Crippen LogP contribution in [0.1, 0.15) is 36.4 Å². The molecule has 0 aliphatic carbocycles. The number of aryl methyl sites for hydroxylation is 1. The lowest BCUT2D eigenvalue weighted by molar-refractivity contribution is -0.137. The first-order chi connectivity index (χ1) is 10.1. The maximum absolute atomic E-state index is 10.6. The predicted octanol–water partition coefficient (Wildman–Crippen LogP) is 2.79. The van der Waals surface area contributed by atoms with E-state index in [1.807, 2.05) is 12.1 Å². The summed E-state index contributed by atoms with van der Waals surface area (Å²) in [5, 5.41) is 14.1. The van der Waals surface area contributed by atoms with E-state index in [0.717, 1.165) is 42.6 Å². The number of hydrogen-bond acceptors (Lipinski definition) is 4. The highest BCUT2D eigenvalue weighted by molar-refractivity contribution is 5.80. The molecular weight excluding hydrogens is 268 g/mol. The first-order valence-electron chi connectivity index (χ1n) is 7.43. The van der Waals surface area contributed by atoms with Gasteiger partial charge in [0.15, 0.2) is 5.58 Å². The van der Waals surface area contributed by atoms with Crippen LogP contribution in [0.5, 0.6) is 0 Å². The third-order valence-electron chi connectivity index (χ3n) is 4.27. The molecule has 0 bridgehead atoms. The number of fused-ring (bicyclic) bond motifs is 1. The summed E-state index contributed by atoms with van der Waals surface area (Å²) in [7, 11) is 0. The van der Waals surface area contributed by atoms with Crippen molar-refractivity contribution in [3.05, 3.63) is 29.5 Å². The van der Waals surface area contributed by atoms with Gasteiger partial charge in [-0.1, -0.05) is 16.8 Å². The van der Waals surface area contributed by atoms with Gasteiger partial charge in [-0.05, 0) is 45.0 Å². The molecule has 1 fully saturated rings. The van der Waals surface area contributed by atoms with Gasteiger partial charge < -0.3 is 14.5 Å². The lowest BCUT2D eigenvalue weighted by atomic mass is 9.91. The number of carbonyl (C=O) groups is 1. The van der Waals surface area contributed by atoms with E-state index in [4.69, 9.17) is 9.63 Å². The van der Waals surface area contributed by atoms with Crippen molar-refractivity contribution in [2.24, 2.45) is 0 Å². The van der Waals surface area contributed by atoms with E-state index in [9.17, 15) is 4.79 Å². The van der Waals surface area contributed by atoms with Gasteiger partial charge in [0.2, 0.25) is 0 Å². The zero-order chi connectivity index (χ0) is 14.8. The SMILES string of the molecule is Cc1ccc2onc(C3CCN(CCC(=O)O)CC3)c2c1. The number of rotatable bonds is 4. The van der Waals surface area contributed by atoms with Crippen LogP contribution in [-0.4, -0.2) is 40.8 Å². The molecule has 1 aromatic heterocycles. The largest absolute Gasteiger partial charge is 0.481 e. The molecule has 5 heteroatoms. The fourth-order valence-corrected chi connectivity index (χ4v) is 3.05. The average Bonchev–Trinajstić information content (AvgIpc) is 2.88. The van der Waals surface area contributed by atoms with E-state index >= 15 is 0 Å². The molecule has 0 saturated carbocycles. The van der Waals surface area contributed by atoms with E-state index in [-0.39, 0.29) is 6.42 Å². The number of aliphatic carboxylic acids is 1. The van der Waals surface area contributed by atoms with Crippen molar-refractivity contribution in [3.63, 3.8) is 0 Å².